The number of piperidine rings is 2. The van der Waals surface area contributed by atoms with Crippen LogP contribution < -0.4 is 5.32 Å². The molecule has 2 saturated heterocycles. The van der Waals surface area contributed by atoms with E-state index in [0.717, 1.165) is 10.3 Å². The first-order valence-electron chi connectivity index (χ1n) is 13.8. The molecule has 0 aliphatic carbocycles. The maximum atomic E-state index is 13.4. The molecule has 0 radical (unpaired) electrons. The Kier molecular flexibility index (Phi) is 5.79. The van der Waals surface area contributed by atoms with Gasteiger partial charge in [0.2, 0.25) is 11.8 Å². The van der Waals surface area contributed by atoms with Gasteiger partial charge in [0.15, 0.2) is 0 Å². The van der Waals surface area contributed by atoms with Crippen LogP contribution in [0.3, 0.4) is 0 Å². The number of nitrogens with one attached hydrogen (secondary N) is 1. The van der Waals surface area contributed by atoms with Crippen molar-refractivity contribution in [2.75, 3.05) is 13.1 Å². The summed E-state index contributed by atoms with van der Waals surface area (Å²) in [5, 5.41) is 3.66. The minimum Gasteiger partial charge on any atom is -0.338 e. The van der Waals surface area contributed by atoms with Crippen LogP contribution >= 0.6 is 0 Å². The summed E-state index contributed by atoms with van der Waals surface area (Å²) < 4.78 is 0. The Morgan fingerprint density at radius 2 is 1.31 bits per heavy atom. The topological polar surface area (TPSA) is 141 Å². The molecule has 4 heterocycles. The van der Waals surface area contributed by atoms with Crippen molar-refractivity contribution in [2.45, 2.75) is 37.8 Å². The van der Waals surface area contributed by atoms with E-state index in [4.69, 9.17) is 0 Å². The highest BCUT2D eigenvalue weighted by molar-refractivity contribution is 6.26. The first-order chi connectivity index (χ1) is 20.2. The summed E-state index contributed by atoms with van der Waals surface area (Å²) >= 11 is 0. The highest BCUT2D eigenvalue weighted by Crippen LogP contribution is 2.33. The van der Waals surface area contributed by atoms with Gasteiger partial charge >= 0.3 is 0 Å². The molecule has 11 nitrogen and oxygen atoms in total. The average Bonchev–Trinajstić information content (AvgIpc) is 3.24. The monoisotopic (exact) mass is 564 g/mol. The Balaban J connectivity index is 1.06. The number of imide groups is 3. The molecule has 210 valence electrons. The van der Waals surface area contributed by atoms with Crippen molar-refractivity contribution in [3.8, 4) is 0 Å². The van der Waals surface area contributed by atoms with E-state index < -0.39 is 29.7 Å². The van der Waals surface area contributed by atoms with Gasteiger partial charge in [-0.25, -0.2) is 0 Å². The predicted molar refractivity (Wildman–Crippen MR) is 146 cm³/mol. The largest absolute Gasteiger partial charge is 0.338 e. The van der Waals surface area contributed by atoms with Gasteiger partial charge in [0.1, 0.15) is 6.04 Å². The summed E-state index contributed by atoms with van der Waals surface area (Å²) in [4.78, 5) is 94.0. The molecule has 0 bridgehead atoms. The summed E-state index contributed by atoms with van der Waals surface area (Å²) in [5.74, 6) is -3.51. The van der Waals surface area contributed by atoms with Crippen molar-refractivity contribution in [1.29, 1.82) is 0 Å². The molecule has 11 heteroatoms. The summed E-state index contributed by atoms with van der Waals surface area (Å²) in [5.41, 5.74) is 1.32. The number of hydrogen-bond acceptors (Lipinski definition) is 7. The second-order valence-corrected chi connectivity index (χ2v) is 10.9. The van der Waals surface area contributed by atoms with E-state index in [0.29, 0.717) is 42.4 Å². The molecule has 3 aromatic carbocycles. The molecule has 2 fully saturated rings. The van der Waals surface area contributed by atoms with Crippen LogP contribution in [-0.2, 0) is 9.59 Å². The zero-order chi connectivity index (χ0) is 29.3. The smallest absolute Gasteiger partial charge is 0.262 e. The van der Waals surface area contributed by atoms with Gasteiger partial charge in [-0.1, -0.05) is 24.3 Å². The van der Waals surface area contributed by atoms with Gasteiger partial charge in [0.25, 0.3) is 29.5 Å². The first-order valence-corrected chi connectivity index (χ1v) is 13.8. The minimum atomic E-state index is -1.09. The summed E-state index contributed by atoms with van der Waals surface area (Å²) in [6, 6.07) is 13.6. The van der Waals surface area contributed by atoms with Gasteiger partial charge in [0.05, 0.1) is 11.1 Å². The molecule has 4 aliphatic heterocycles. The van der Waals surface area contributed by atoms with Gasteiger partial charge in [-0.3, -0.25) is 48.7 Å². The third-order valence-corrected chi connectivity index (χ3v) is 8.61. The molecule has 1 atom stereocenters. The molecular weight excluding hydrogens is 540 g/mol. The SMILES string of the molecule is O=C1CCC(N2C(=O)c3ccc(C(=O)N4CCC(N5C(=O)c6cccc7cccc(c67)C5=O)CC4)cc3C2=O)C(=O)N1. The molecule has 1 unspecified atom stereocenters. The quantitative estimate of drug-likeness (QED) is 0.481. The van der Waals surface area contributed by atoms with E-state index >= 15 is 0 Å². The van der Waals surface area contributed by atoms with Crippen LogP contribution in [0.25, 0.3) is 10.8 Å². The number of likely N-dealkylation sites (tertiary alicyclic amines) is 1. The van der Waals surface area contributed by atoms with Crippen LogP contribution in [0.2, 0.25) is 0 Å². The summed E-state index contributed by atoms with van der Waals surface area (Å²) in [6.45, 7) is 0.581. The van der Waals surface area contributed by atoms with E-state index in [9.17, 15) is 33.6 Å². The van der Waals surface area contributed by atoms with E-state index in [1.54, 1.807) is 29.2 Å². The first kappa shape index (κ1) is 25.8. The van der Waals surface area contributed by atoms with Gasteiger partial charge < -0.3 is 4.90 Å². The van der Waals surface area contributed by atoms with E-state index in [1.165, 1.54) is 23.1 Å². The molecule has 7 rings (SSSR count). The minimum absolute atomic E-state index is 0.0142. The average molecular weight is 565 g/mol. The molecule has 4 aliphatic rings. The molecule has 42 heavy (non-hydrogen) atoms. The fourth-order valence-corrected chi connectivity index (χ4v) is 6.49. The van der Waals surface area contributed by atoms with E-state index in [-0.39, 0.29) is 53.3 Å². The second-order valence-electron chi connectivity index (χ2n) is 10.9. The molecule has 0 spiro atoms. The van der Waals surface area contributed by atoms with Gasteiger partial charge in [-0.05, 0) is 55.0 Å². The molecule has 3 aromatic rings. The van der Waals surface area contributed by atoms with Crippen molar-refractivity contribution < 1.29 is 33.6 Å². The molecule has 0 aromatic heterocycles. The van der Waals surface area contributed by atoms with E-state index in [1.807, 2.05) is 12.1 Å². The Bertz CT molecular complexity index is 1740. The number of carbonyl (C=O) groups is 7. The number of carbonyl (C=O) groups excluding carboxylic acids is 7. The fourth-order valence-electron chi connectivity index (χ4n) is 6.49. The van der Waals surface area contributed by atoms with Crippen LogP contribution in [0.4, 0.5) is 0 Å². The lowest BCUT2D eigenvalue weighted by molar-refractivity contribution is -0.136. The highest BCUT2D eigenvalue weighted by Gasteiger charge is 2.45. The van der Waals surface area contributed by atoms with Crippen LogP contribution in [-0.4, -0.2) is 81.2 Å². The van der Waals surface area contributed by atoms with Crippen molar-refractivity contribution >= 4 is 52.1 Å². The Morgan fingerprint density at radius 3 is 1.95 bits per heavy atom. The maximum absolute atomic E-state index is 13.4. The lowest BCUT2D eigenvalue weighted by atomic mass is 9.91. The maximum Gasteiger partial charge on any atom is 0.262 e. The standard InChI is InChI=1S/C31H24N4O7/c36-24-10-9-23(26(37)32-24)35-28(39)19-8-7-17(15-22(19)31(35)42)27(38)33-13-11-18(12-14-33)34-29(40)20-5-1-3-16-4-2-6-21(25(16)20)30(34)41/h1-8,15,18,23H,9-14H2,(H,32,36,37). The second kappa shape index (κ2) is 9.44. The molecular formula is C31H24N4O7. The highest BCUT2D eigenvalue weighted by atomic mass is 16.2. The zero-order valence-corrected chi connectivity index (χ0v) is 22.3. The number of rotatable bonds is 3. The van der Waals surface area contributed by atoms with Crippen molar-refractivity contribution in [3.05, 3.63) is 82.4 Å². The molecule has 0 saturated carbocycles. The predicted octanol–water partition coefficient (Wildman–Crippen LogP) is 2.14. The normalized spacial score (nSPS) is 20.9. The van der Waals surface area contributed by atoms with Crippen molar-refractivity contribution in [2.24, 2.45) is 0 Å². The van der Waals surface area contributed by atoms with Gasteiger partial charge in [-0.2, -0.15) is 0 Å². The Hall–Kier alpha value is -5.19. The van der Waals surface area contributed by atoms with E-state index in [2.05, 4.69) is 5.32 Å². The summed E-state index contributed by atoms with van der Waals surface area (Å²) in [7, 11) is 0. The fraction of sp³-hybridized carbons (Fsp3) is 0.258. The third-order valence-electron chi connectivity index (χ3n) is 8.61. The number of hydrogen-bond donors (Lipinski definition) is 1. The van der Waals surface area contributed by atoms with Gasteiger partial charge in [-0.15, -0.1) is 0 Å². The zero-order valence-electron chi connectivity index (χ0n) is 22.3. The molecule has 1 N–H and O–H groups in total. The number of benzene rings is 3. The van der Waals surface area contributed by atoms with Crippen LogP contribution in [0.5, 0.6) is 0 Å². The van der Waals surface area contributed by atoms with Crippen LogP contribution in [0, 0.1) is 0 Å². The number of nitrogens with zero attached hydrogens (tertiary/aromatic N) is 3. The lowest BCUT2D eigenvalue weighted by Crippen LogP contribution is -2.54. The summed E-state index contributed by atoms with van der Waals surface area (Å²) in [6.07, 6.45) is 0.847. The Labute approximate surface area is 239 Å². The van der Waals surface area contributed by atoms with Crippen LogP contribution in [0.1, 0.15) is 77.5 Å². The molecule has 7 amide bonds. The van der Waals surface area contributed by atoms with Crippen LogP contribution in [0.15, 0.2) is 54.6 Å². The Morgan fingerprint density at radius 1 is 0.690 bits per heavy atom. The van der Waals surface area contributed by atoms with Crippen molar-refractivity contribution in [3.63, 3.8) is 0 Å². The van der Waals surface area contributed by atoms with Gasteiger partial charge in [0, 0.05) is 47.6 Å². The lowest BCUT2D eigenvalue weighted by Gasteiger charge is -2.39. The number of fused-ring (bicyclic) bond motifs is 1. The van der Waals surface area contributed by atoms with Crippen molar-refractivity contribution in [1.82, 2.24) is 20.0 Å². The third kappa shape index (κ3) is 3.76. The number of amides is 7.